The molecule has 0 aliphatic heterocycles. The molecule has 34 heavy (non-hydrogen) atoms. The van der Waals surface area contributed by atoms with Gasteiger partial charge < -0.3 is 16.2 Å². The van der Waals surface area contributed by atoms with Crippen molar-refractivity contribution in [1.29, 1.82) is 0 Å². The van der Waals surface area contributed by atoms with Gasteiger partial charge in [0.25, 0.3) is 0 Å². The summed E-state index contributed by atoms with van der Waals surface area (Å²) < 4.78 is 3.40. The SMILES string of the molecule is CNCc1c(C)cc(N)cc1C.Cc1cnn(Cc2ccc(Cn3cc(C(=O)O)nn3)cc2)c1. The molecule has 4 aromatic rings. The van der Waals surface area contributed by atoms with Crippen LogP contribution >= 0.6 is 0 Å². The summed E-state index contributed by atoms with van der Waals surface area (Å²) in [5, 5.41) is 23.6. The summed E-state index contributed by atoms with van der Waals surface area (Å²) in [5.41, 5.74) is 13.7. The molecule has 0 aliphatic carbocycles. The molecule has 178 valence electrons. The third-order valence-electron chi connectivity index (χ3n) is 5.30. The van der Waals surface area contributed by atoms with Crippen LogP contribution in [0.5, 0.6) is 0 Å². The molecule has 0 saturated carbocycles. The normalized spacial score (nSPS) is 10.6. The molecule has 0 atom stereocenters. The van der Waals surface area contributed by atoms with Gasteiger partial charge in [0.2, 0.25) is 0 Å². The predicted molar refractivity (Wildman–Crippen MR) is 132 cm³/mol. The second kappa shape index (κ2) is 11.2. The number of aromatic nitrogens is 5. The monoisotopic (exact) mass is 461 g/mol. The minimum Gasteiger partial charge on any atom is -0.476 e. The van der Waals surface area contributed by atoms with Crippen molar-refractivity contribution in [3.05, 3.63) is 94.1 Å². The first kappa shape index (κ1) is 24.7. The van der Waals surface area contributed by atoms with E-state index in [4.69, 9.17) is 10.8 Å². The number of anilines is 1. The number of carboxylic acid groups (broad SMARTS) is 1. The Morgan fingerprint density at radius 2 is 1.59 bits per heavy atom. The molecular formula is C25H31N7O2. The molecule has 2 aromatic heterocycles. The highest BCUT2D eigenvalue weighted by Crippen LogP contribution is 2.17. The van der Waals surface area contributed by atoms with E-state index in [-0.39, 0.29) is 5.69 Å². The Morgan fingerprint density at radius 3 is 2.06 bits per heavy atom. The number of benzene rings is 2. The number of rotatable bonds is 7. The quantitative estimate of drug-likeness (QED) is 0.361. The van der Waals surface area contributed by atoms with E-state index in [1.807, 2.05) is 67.4 Å². The summed E-state index contributed by atoms with van der Waals surface area (Å²) >= 11 is 0. The Kier molecular flexibility index (Phi) is 8.15. The van der Waals surface area contributed by atoms with Crippen molar-refractivity contribution in [2.75, 3.05) is 12.8 Å². The van der Waals surface area contributed by atoms with Gasteiger partial charge in [-0.1, -0.05) is 29.5 Å². The number of aromatic carboxylic acids is 1. The first-order chi connectivity index (χ1) is 16.2. The first-order valence-electron chi connectivity index (χ1n) is 11.0. The highest BCUT2D eigenvalue weighted by molar-refractivity contribution is 5.84. The number of nitrogens with one attached hydrogen (secondary N) is 1. The van der Waals surface area contributed by atoms with Crippen molar-refractivity contribution in [2.24, 2.45) is 0 Å². The minimum atomic E-state index is -1.07. The maximum atomic E-state index is 10.8. The highest BCUT2D eigenvalue weighted by Gasteiger charge is 2.08. The zero-order valence-electron chi connectivity index (χ0n) is 20.0. The number of nitrogens with zero attached hydrogens (tertiary/aromatic N) is 5. The number of hydrogen-bond acceptors (Lipinski definition) is 6. The molecule has 0 saturated heterocycles. The summed E-state index contributed by atoms with van der Waals surface area (Å²) in [5.74, 6) is -1.07. The topological polar surface area (TPSA) is 124 Å². The Morgan fingerprint density at radius 1 is 1.00 bits per heavy atom. The summed E-state index contributed by atoms with van der Waals surface area (Å²) in [6.07, 6.45) is 5.25. The summed E-state index contributed by atoms with van der Waals surface area (Å²) in [7, 11) is 1.95. The van der Waals surface area contributed by atoms with E-state index in [0.29, 0.717) is 6.54 Å². The lowest BCUT2D eigenvalue weighted by Gasteiger charge is -2.09. The maximum absolute atomic E-state index is 10.8. The highest BCUT2D eigenvalue weighted by atomic mass is 16.4. The second-order valence-electron chi connectivity index (χ2n) is 8.30. The number of aryl methyl sites for hydroxylation is 3. The second-order valence-corrected chi connectivity index (χ2v) is 8.30. The van der Waals surface area contributed by atoms with Gasteiger partial charge in [-0.05, 0) is 73.3 Å². The Bertz CT molecular complexity index is 1220. The third kappa shape index (κ3) is 6.76. The lowest BCUT2D eigenvalue weighted by atomic mass is 10.0. The zero-order chi connectivity index (χ0) is 24.7. The van der Waals surface area contributed by atoms with Crippen molar-refractivity contribution in [2.45, 2.75) is 40.4 Å². The number of nitrogens with two attached hydrogens (primary N) is 1. The molecule has 0 amide bonds. The van der Waals surface area contributed by atoms with Gasteiger partial charge in [0.05, 0.1) is 25.5 Å². The lowest BCUT2D eigenvalue weighted by molar-refractivity contribution is 0.0690. The number of carboxylic acids is 1. The van der Waals surface area contributed by atoms with Crippen LogP contribution < -0.4 is 11.1 Å². The van der Waals surface area contributed by atoms with Gasteiger partial charge in [0.15, 0.2) is 5.69 Å². The predicted octanol–water partition coefficient (Wildman–Crippen LogP) is 3.18. The molecule has 4 N–H and O–H groups in total. The molecule has 0 radical (unpaired) electrons. The maximum Gasteiger partial charge on any atom is 0.358 e. The van der Waals surface area contributed by atoms with Gasteiger partial charge >= 0.3 is 5.97 Å². The smallest absolute Gasteiger partial charge is 0.358 e. The minimum absolute atomic E-state index is 0.0503. The Balaban J connectivity index is 0.000000229. The number of hydrogen-bond donors (Lipinski definition) is 3. The fourth-order valence-electron chi connectivity index (χ4n) is 3.63. The average Bonchev–Trinajstić information content (AvgIpc) is 3.41. The molecule has 0 fully saturated rings. The molecule has 2 aromatic carbocycles. The average molecular weight is 462 g/mol. The zero-order valence-corrected chi connectivity index (χ0v) is 20.0. The van der Waals surface area contributed by atoms with Crippen LogP contribution in [0.25, 0.3) is 0 Å². The third-order valence-corrected chi connectivity index (χ3v) is 5.30. The standard InChI is InChI=1S/C15H15N5O2.C10H16N2/c1-11-6-16-19(7-11)8-12-2-4-13(5-3-12)9-20-10-14(15(21)22)17-18-20;1-7-4-9(11)5-8(2)10(7)6-12-3/h2-7,10H,8-9H2,1H3,(H,21,22);4-5,12H,6,11H2,1-3H3. The van der Waals surface area contributed by atoms with Gasteiger partial charge in [-0.15, -0.1) is 5.10 Å². The number of nitrogen functional groups attached to an aromatic ring is 1. The van der Waals surface area contributed by atoms with E-state index in [1.54, 1.807) is 0 Å². The van der Waals surface area contributed by atoms with Crippen LogP contribution in [0.4, 0.5) is 5.69 Å². The van der Waals surface area contributed by atoms with Crippen molar-refractivity contribution >= 4 is 11.7 Å². The van der Waals surface area contributed by atoms with Crippen LogP contribution in [0.1, 0.15) is 43.9 Å². The van der Waals surface area contributed by atoms with E-state index in [0.717, 1.165) is 35.5 Å². The van der Waals surface area contributed by atoms with Crippen LogP contribution in [0, 0.1) is 20.8 Å². The van der Waals surface area contributed by atoms with Crippen LogP contribution in [-0.2, 0) is 19.6 Å². The van der Waals surface area contributed by atoms with Crippen LogP contribution in [0.3, 0.4) is 0 Å². The van der Waals surface area contributed by atoms with Crippen molar-refractivity contribution in [3.63, 3.8) is 0 Å². The Hall–Kier alpha value is -3.98. The molecule has 9 heteroatoms. The van der Waals surface area contributed by atoms with E-state index in [2.05, 4.69) is 34.6 Å². The van der Waals surface area contributed by atoms with Gasteiger partial charge in [-0.3, -0.25) is 4.68 Å². The Labute approximate surface area is 199 Å². The molecule has 2 heterocycles. The van der Waals surface area contributed by atoms with Crippen molar-refractivity contribution < 1.29 is 9.90 Å². The van der Waals surface area contributed by atoms with E-state index < -0.39 is 5.97 Å². The largest absolute Gasteiger partial charge is 0.476 e. The molecule has 9 nitrogen and oxygen atoms in total. The molecule has 0 unspecified atom stereocenters. The van der Waals surface area contributed by atoms with Crippen LogP contribution in [0.2, 0.25) is 0 Å². The molecule has 0 spiro atoms. The van der Waals surface area contributed by atoms with E-state index in [1.165, 1.54) is 27.6 Å². The fraction of sp³-hybridized carbons (Fsp3) is 0.280. The van der Waals surface area contributed by atoms with Gasteiger partial charge in [-0.2, -0.15) is 5.10 Å². The van der Waals surface area contributed by atoms with E-state index >= 15 is 0 Å². The lowest BCUT2D eigenvalue weighted by Crippen LogP contribution is -2.08. The summed E-state index contributed by atoms with van der Waals surface area (Å²) in [6, 6.07) is 12.1. The molecule has 4 rings (SSSR count). The number of carbonyl (C=O) groups is 1. The van der Waals surface area contributed by atoms with Gasteiger partial charge in [-0.25, -0.2) is 9.48 Å². The summed E-state index contributed by atoms with van der Waals surface area (Å²) in [6.45, 7) is 8.32. The van der Waals surface area contributed by atoms with Gasteiger partial charge in [0, 0.05) is 18.4 Å². The van der Waals surface area contributed by atoms with Crippen LogP contribution in [-0.4, -0.2) is 42.9 Å². The first-order valence-corrected chi connectivity index (χ1v) is 11.0. The van der Waals surface area contributed by atoms with Crippen LogP contribution in [0.15, 0.2) is 55.0 Å². The van der Waals surface area contributed by atoms with Crippen molar-refractivity contribution in [1.82, 2.24) is 30.1 Å². The fourth-order valence-corrected chi connectivity index (χ4v) is 3.63. The molecule has 0 bridgehead atoms. The molecule has 0 aliphatic rings. The molecular weight excluding hydrogens is 430 g/mol. The van der Waals surface area contributed by atoms with Crippen molar-refractivity contribution in [3.8, 4) is 0 Å². The summed E-state index contributed by atoms with van der Waals surface area (Å²) in [4.78, 5) is 10.8. The van der Waals surface area contributed by atoms with Gasteiger partial charge in [0.1, 0.15) is 0 Å². The van der Waals surface area contributed by atoms with E-state index in [9.17, 15) is 4.79 Å².